The summed E-state index contributed by atoms with van der Waals surface area (Å²) in [7, 11) is 0. The van der Waals surface area contributed by atoms with Crippen molar-refractivity contribution in [2.45, 2.75) is 58.3 Å². The van der Waals surface area contributed by atoms with Gasteiger partial charge in [0.1, 0.15) is 5.78 Å². The van der Waals surface area contributed by atoms with Crippen molar-refractivity contribution in [2.75, 3.05) is 19.8 Å². The van der Waals surface area contributed by atoms with E-state index in [0.29, 0.717) is 12.2 Å². The van der Waals surface area contributed by atoms with Gasteiger partial charge in [0.2, 0.25) is 0 Å². The van der Waals surface area contributed by atoms with E-state index in [2.05, 4.69) is 5.32 Å². The van der Waals surface area contributed by atoms with Gasteiger partial charge in [0.15, 0.2) is 6.29 Å². The Kier molecular flexibility index (Phi) is 7.40. The van der Waals surface area contributed by atoms with E-state index in [-0.39, 0.29) is 12.3 Å². The van der Waals surface area contributed by atoms with Gasteiger partial charge in [-0.05, 0) is 39.2 Å². The Labute approximate surface area is 104 Å². The van der Waals surface area contributed by atoms with Crippen LogP contribution in [0.4, 0.5) is 0 Å². The van der Waals surface area contributed by atoms with Gasteiger partial charge in [-0.1, -0.05) is 6.92 Å². The van der Waals surface area contributed by atoms with Crippen molar-refractivity contribution in [2.24, 2.45) is 0 Å². The van der Waals surface area contributed by atoms with Crippen LogP contribution in [0.15, 0.2) is 0 Å². The molecule has 0 spiro atoms. The topological polar surface area (TPSA) is 47.6 Å². The number of unbranched alkanes of at least 4 members (excludes halogenated alkanes) is 1. The lowest BCUT2D eigenvalue weighted by Gasteiger charge is -2.13. The predicted molar refractivity (Wildman–Crippen MR) is 66.9 cm³/mol. The summed E-state index contributed by atoms with van der Waals surface area (Å²) in [6.45, 7) is 6.33. The van der Waals surface area contributed by atoms with Crippen LogP contribution in [0, 0.1) is 0 Å². The maximum atomic E-state index is 11.5. The van der Waals surface area contributed by atoms with E-state index in [9.17, 15) is 4.79 Å². The zero-order chi connectivity index (χ0) is 12.5. The molecule has 4 heteroatoms. The second kappa shape index (κ2) is 8.61. The highest BCUT2D eigenvalue weighted by atomic mass is 16.7. The maximum absolute atomic E-state index is 11.5. The third kappa shape index (κ3) is 6.15. The van der Waals surface area contributed by atoms with Gasteiger partial charge >= 0.3 is 0 Å². The fourth-order valence-electron chi connectivity index (χ4n) is 1.91. The van der Waals surface area contributed by atoms with Crippen LogP contribution in [0.3, 0.4) is 0 Å². The Morgan fingerprint density at radius 1 is 1.35 bits per heavy atom. The molecule has 0 aromatic rings. The van der Waals surface area contributed by atoms with Gasteiger partial charge < -0.3 is 14.8 Å². The van der Waals surface area contributed by atoms with Gasteiger partial charge in [-0.2, -0.15) is 0 Å². The van der Waals surface area contributed by atoms with Crippen molar-refractivity contribution >= 4 is 5.78 Å². The molecule has 0 aromatic heterocycles. The van der Waals surface area contributed by atoms with Gasteiger partial charge in [0, 0.05) is 6.42 Å². The van der Waals surface area contributed by atoms with Crippen molar-refractivity contribution in [1.29, 1.82) is 0 Å². The zero-order valence-electron chi connectivity index (χ0n) is 11.0. The minimum Gasteiger partial charge on any atom is -0.350 e. The molecule has 4 nitrogen and oxygen atoms in total. The van der Waals surface area contributed by atoms with Gasteiger partial charge in [-0.15, -0.1) is 0 Å². The fraction of sp³-hybridized carbons (Fsp3) is 0.923. The molecule has 1 unspecified atom stereocenters. The number of Topliss-reactive ketones (excluding diaryl/α,β-unsaturated/α-hetero) is 1. The Morgan fingerprint density at radius 3 is 2.71 bits per heavy atom. The lowest BCUT2D eigenvalue weighted by Crippen LogP contribution is -2.34. The van der Waals surface area contributed by atoms with Gasteiger partial charge in [0.25, 0.3) is 0 Å². The molecule has 0 aliphatic carbocycles. The monoisotopic (exact) mass is 243 g/mol. The van der Waals surface area contributed by atoms with Crippen LogP contribution in [0.25, 0.3) is 0 Å². The standard InChI is InChI=1S/C13H25NO3/c1-3-6-12(15)11(2)14-8-5-4-7-13-16-9-10-17-13/h11,13-14H,3-10H2,1-2H3. The fourth-order valence-corrected chi connectivity index (χ4v) is 1.91. The molecule has 1 aliphatic rings. The molecule has 1 rings (SSSR count). The summed E-state index contributed by atoms with van der Waals surface area (Å²) >= 11 is 0. The average Bonchev–Trinajstić information content (AvgIpc) is 2.81. The molecule has 0 aromatic carbocycles. The number of carbonyl (C=O) groups is 1. The highest BCUT2D eigenvalue weighted by molar-refractivity contribution is 5.83. The summed E-state index contributed by atoms with van der Waals surface area (Å²) in [6, 6.07) is -0.00562. The minimum absolute atomic E-state index is 0.00562. The number of hydrogen-bond acceptors (Lipinski definition) is 4. The van der Waals surface area contributed by atoms with Gasteiger partial charge in [-0.3, -0.25) is 4.79 Å². The number of ether oxygens (including phenoxy) is 2. The van der Waals surface area contributed by atoms with E-state index in [1.807, 2.05) is 13.8 Å². The number of rotatable bonds is 9. The van der Waals surface area contributed by atoms with Crippen molar-refractivity contribution in [3.05, 3.63) is 0 Å². The van der Waals surface area contributed by atoms with Crippen molar-refractivity contribution < 1.29 is 14.3 Å². The third-order valence-electron chi connectivity index (χ3n) is 2.99. The Hall–Kier alpha value is -0.450. The smallest absolute Gasteiger partial charge is 0.157 e. The zero-order valence-corrected chi connectivity index (χ0v) is 11.0. The Bertz CT molecular complexity index is 215. The first kappa shape index (κ1) is 14.6. The average molecular weight is 243 g/mol. The molecule has 0 radical (unpaired) electrons. The van der Waals surface area contributed by atoms with Crippen LogP contribution in [0.2, 0.25) is 0 Å². The number of ketones is 1. The summed E-state index contributed by atoms with van der Waals surface area (Å²) in [5.74, 6) is 0.315. The summed E-state index contributed by atoms with van der Waals surface area (Å²) in [4.78, 5) is 11.5. The maximum Gasteiger partial charge on any atom is 0.157 e. The van der Waals surface area contributed by atoms with Crippen LogP contribution in [-0.2, 0) is 14.3 Å². The molecule has 1 saturated heterocycles. The molecule has 1 atom stereocenters. The largest absolute Gasteiger partial charge is 0.350 e. The van der Waals surface area contributed by atoms with Crippen LogP contribution < -0.4 is 5.32 Å². The van der Waals surface area contributed by atoms with Crippen LogP contribution in [-0.4, -0.2) is 37.9 Å². The van der Waals surface area contributed by atoms with E-state index in [1.54, 1.807) is 0 Å². The predicted octanol–water partition coefficient (Wildman–Crippen LogP) is 1.88. The molecule has 1 aliphatic heterocycles. The first-order chi connectivity index (χ1) is 8.24. The number of nitrogens with one attached hydrogen (secondary N) is 1. The van der Waals surface area contributed by atoms with E-state index in [1.165, 1.54) is 0 Å². The quantitative estimate of drug-likeness (QED) is 0.628. The molecule has 1 fully saturated rings. The summed E-state index contributed by atoms with van der Waals surface area (Å²) in [5, 5.41) is 3.26. The molecule has 17 heavy (non-hydrogen) atoms. The molecule has 0 amide bonds. The molecule has 1 N–H and O–H groups in total. The highest BCUT2D eigenvalue weighted by Gasteiger charge is 2.15. The van der Waals surface area contributed by atoms with Crippen LogP contribution in [0.1, 0.15) is 46.0 Å². The highest BCUT2D eigenvalue weighted by Crippen LogP contribution is 2.11. The Balaban J connectivity index is 1.94. The van der Waals surface area contributed by atoms with Crippen molar-refractivity contribution in [3.8, 4) is 0 Å². The number of hydrogen-bond donors (Lipinski definition) is 1. The molecular formula is C13H25NO3. The lowest BCUT2D eigenvalue weighted by molar-refractivity contribution is -0.120. The Morgan fingerprint density at radius 2 is 2.06 bits per heavy atom. The number of carbonyl (C=O) groups excluding carboxylic acids is 1. The lowest BCUT2D eigenvalue weighted by atomic mass is 10.1. The molecule has 0 saturated carbocycles. The minimum atomic E-state index is -0.00562. The third-order valence-corrected chi connectivity index (χ3v) is 2.99. The summed E-state index contributed by atoms with van der Waals surface area (Å²) in [5.41, 5.74) is 0. The normalized spacial score (nSPS) is 18.5. The van der Waals surface area contributed by atoms with Crippen LogP contribution in [0.5, 0.6) is 0 Å². The molecule has 100 valence electrons. The van der Waals surface area contributed by atoms with E-state index < -0.39 is 0 Å². The second-order valence-electron chi connectivity index (χ2n) is 4.56. The van der Waals surface area contributed by atoms with Gasteiger partial charge in [-0.25, -0.2) is 0 Å². The van der Waals surface area contributed by atoms with Crippen molar-refractivity contribution in [3.63, 3.8) is 0 Å². The SMILES string of the molecule is CCCC(=O)C(C)NCCCCC1OCCO1. The van der Waals surface area contributed by atoms with E-state index in [4.69, 9.17) is 9.47 Å². The summed E-state index contributed by atoms with van der Waals surface area (Å²) < 4.78 is 10.7. The molecule has 0 bridgehead atoms. The first-order valence-electron chi connectivity index (χ1n) is 6.73. The molecular weight excluding hydrogens is 218 g/mol. The first-order valence-corrected chi connectivity index (χ1v) is 6.73. The van der Waals surface area contributed by atoms with E-state index in [0.717, 1.165) is 45.4 Å². The van der Waals surface area contributed by atoms with Crippen LogP contribution >= 0.6 is 0 Å². The summed E-state index contributed by atoms with van der Waals surface area (Å²) in [6.07, 6.45) is 4.71. The van der Waals surface area contributed by atoms with Crippen molar-refractivity contribution in [1.82, 2.24) is 5.32 Å². The molecule has 1 heterocycles. The van der Waals surface area contributed by atoms with E-state index >= 15 is 0 Å². The van der Waals surface area contributed by atoms with Gasteiger partial charge in [0.05, 0.1) is 19.3 Å². The second-order valence-corrected chi connectivity index (χ2v) is 4.56.